The van der Waals surface area contributed by atoms with Crippen LogP contribution in [-0.2, 0) is 11.2 Å². The smallest absolute Gasteiger partial charge is 0.179 e. The molecule has 0 amide bonds. The average Bonchev–Trinajstić information content (AvgIpc) is 2.63. The van der Waals surface area contributed by atoms with Gasteiger partial charge in [-0.05, 0) is 13.0 Å². The maximum atomic E-state index is 5.42. The van der Waals surface area contributed by atoms with Crippen LogP contribution >= 0.6 is 0 Å². The fourth-order valence-corrected chi connectivity index (χ4v) is 1.32. The van der Waals surface area contributed by atoms with Crippen molar-refractivity contribution in [2.24, 2.45) is 5.73 Å². The van der Waals surface area contributed by atoms with E-state index in [1.54, 1.807) is 7.11 Å². The first-order valence-corrected chi connectivity index (χ1v) is 4.95. The maximum absolute atomic E-state index is 5.42. The van der Waals surface area contributed by atoms with Gasteiger partial charge in [0.25, 0.3) is 0 Å². The summed E-state index contributed by atoms with van der Waals surface area (Å²) in [4.78, 5) is 4.32. The summed E-state index contributed by atoms with van der Waals surface area (Å²) in [7, 11) is 1.68. The molecule has 1 heterocycles. The molecule has 1 atom stereocenters. The Bertz CT molecular complexity index is 261. The minimum absolute atomic E-state index is 0.00257. The quantitative estimate of drug-likeness (QED) is 0.708. The van der Waals surface area contributed by atoms with Crippen molar-refractivity contribution in [1.29, 1.82) is 0 Å². The third-order valence-corrected chi connectivity index (χ3v) is 2.05. The molecule has 0 spiro atoms. The lowest BCUT2D eigenvalue weighted by Crippen LogP contribution is -2.05. The summed E-state index contributed by atoms with van der Waals surface area (Å²) in [5.41, 5.74) is 5.42. The molecule has 0 aliphatic rings. The van der Waals surface area contributed by atoms with E-state index in [9.17, 15) is 0 Å². The molecule has 0 fully saturated rings. The highest BCUT2D eigenvalue weighted by Crippen LogP contribution is 2.17. The Morgan fingerprint density at radius 1 is 1.57 bits per heavy atom. The summed E-state index contributed by atoms with van der Waals surface area (Å²) < 4.78 is 5.29. The predicted molar refractivity (Wildman–Crippen MR) is 53.8 cm³/mol. The topological polar surface area (TPSA) is 76.8 Å². The van der Waals surface area contributed by atoms with E-state index >= 15 is 0 Å². The molecule has 0 bridgehead atoms. The van der Waals surface area contributed by atoms with Crippen molar-refractivity contribution in [3.8, 4) is 0 Å². The van der Waals surface area contributed by atoms with E-state index in [1.807, 2.05) is 0 Å². The first-order chi connectivity index (χ1) is 6.81. The van der Waals surface area contributed by atoms with Crippen molar-refractivity contribution < 1.29 is 4.74 Å². The van der Waals surface area contributed by atoms with Crippen LogP contribution in [0.25, 0.3) is 0 Å². The van der Waals surface area contributed by atoms with Crippen molar-refractivity contribution in [1.82, 2.24) is 15.2 Å². The van der Waals surface area contributed by atoms with Crippen molar-refractivity contribution in [2.45, 2.75) is 32.3 Å². The first-order valence-electron chi connectivity index (χ1n) is 4.95. The molecule has 1 unspecified atom stereocenters. The van der Waals surface area contributed by atoms with Crippen LogP contribution in [0.1, 0.15) is 37.5 Å². The molecule has 0 aromatic carbocycles. The number of rotatable bonds is 6. The number of nitrogens with one attached hydrogen (secondary N) is 1. The Labute approximate surface area is 84.1 Å². The second kappa shape index (κ2) is 5.72. The van der Waals surface area contributed by atoms with Crippen LogP contribution in [0.2, 0.25) is 0 Å². The number of aromatic amines is 1. The third-order valence-electron chi connectivity index (χ3n) is 2.05. The van der Waals surface area contributed by atoms with Crippen LogP contribution in [0.15, 0.2) is 0 Å². The molecule has 3 N–H and O–H groups in total. The Balaban J connectivity index is 2.63. The number of hydrogen-bond acceptors (Lipinski definition) is 4. The van der Waals surface area contributed by atoms with Crippen molar-refractivity contribution in [3.63, 3.8) is 0 Å². The van der Waals surface area contributed by atoms with Gasteiger partial charge in [0, 0.05) is 13.5 Å². The summed E-state index contributed by atoms with van der Waals surface area (Å²) in [5.74, 6) is 1.57. The molecule has 0 radical (unpaired) electrons. The van der Waals surface area contributed by atoms with Gasteiger partial charge in [0.1, 0.15) is 11.9 Å². The Morgan fingerprint density at radius 3 is 2.93 bits per heavy atom. The summed E-state index contributed by atoms with van der Waals surface area (Å²) in [6.45, 7) is 2.69. The van der Waals surface area contributed by atoms with Crippen LogP contribution in [0.5, 0.6) is 0 Å². The number of aromatic nitrogens is 3. The number of H-pyrrole nitrogens is 1. The van der Waals surface area contributed by atoms with Gasteiger partial charge in [-0.2, -0.15) is 5.10 Å². The highest BCUT2D eigenvalue weighted by molar-refractivity contribution is 4.94. The Hall–Kier alpha value is -0.940. The maximum Gasteiger partial charge on any atom is 0.179 e. The predicted octanol–water partition coefficient (Wildman–Crippen LogP) is 0.793. The van der Waals surface area contributed by atoms with Gasteiger partial charge >= 0.3 is 0 Å². The number of methoxy groups -OCH3 is 1. The van der Waals surface area contributed by atoms with E-state index in [0.717, 1.165) is 30.9 Å². The fraction of sp³-hybridized carbons (Fsp3) is 0.778. The Kier molecular flexibility index (Phi) is 4.55. The van der Waals surface area contributed by atoms with Crippen molar-refractivity contribution in [2.75, 3.05) is 13.7 Å². The summed E-state index contributed by atoms with van der Waals surface area (Å²) in [6, 6.07) is 0. The van der Waals surface area contributed by atoms with Gasteiger partial charge in [0.05, 0.1) is 0 Å². The number of ether oxygens (including phenoxy) is 1. The van der Waals surface area contributed by atoms with Crippen LogP contribution in [-0.4, -0.2) is 28.8 Å². The van der Waals surface area contributed by atoms with Crippen LogP contribution in [0, 0.1) is 0 Å². The monoisotopic (exact) mass is 198 g/mol. The highest BCUT2D eigenvalue weighted by atomic mass is 16.5. The van der Waals surface area contributed by atoms with E-state index in [0.29, 0.717) is 6.54 Å². The normalized spacial score (nSPS) is 13.1. The van der Waals surface area contributed by atoms with E-state index in [-0.39, 0.29) is 6.10 Å². The molecule has 0 aliphatic heterocycles. The molecule has 1 aromatic heterocycles. The van der Waals surface area contributed by atoms with Gasteiger partial charge in [0.2, 0.25) is 0 Å². The first kappa shape index (κ1) is 11.1. The highest BCUT2D eigenvalue weighted by Gasteiger charge is 2.14. The van der Waals surface area contributed by atoms with Crippen LogP contribution < -0.4 is 5.73 Å². The van der Waals surface area contributed by atoms with Gasteiger partial charge in [-0.15, -0.1) is 0 Å². The number of hydrogen-bond donors (Lipinski definition) is 2. The van der Waals surface area contributed by atoms with Crippen molar-refractivity contribution >= 4 is 0 Å². The van der Waals surface area contributed by atoms with E-state index in [2.05, 4.69) is 22.1 Å². The van der Waals surface area contributed by atoms with E-state index in [4.69, 9.17) is 10.5 Å². The molecule has 0 aliphatic carbocycles. The Morgan fingerprint density at radius 2 is 2.36 bits per heavy atom. The lowest BCUT2D eigenvalue weighted by atomic mass is 10.2. The second-order valence-corrected chi connectivity index (χ2v) is 3.19. The lowest BCUT2D eigenvalue weighted by Gasteiger charge is -2.08. The molecule has 5 nitrogen and oxygen atoms in total. The van der Waals surface area contributed by atoms with Crippen LogP contribution in [0.4, 0.5) is 0 Å². The largest absolute Gasteiger partial charge is 0.373 e. The van der Waals surface area contributed by atoms with Gasteiger partial charge in [-0.3, -0.25) is 5.10 Å². The fourth-order valence-electron chi connectivity index (χ4n) is 1.32. The molecule has 14 heavy (non-hydrogen) atoms. The summed E-state index contributed by atoms with van der Waals surface area (Å²) in [5, 5.41) is 6.97. The van der Waals surface area contributed by atoms with Crippen molar-refractivity contribution in [3.05, 3.63) is 11.6 Å². The number of nitrogens with two attached hydrogens (primary N) is 1. The summed E-state index contributed by atoms with van der Waals surface area (Å²) >= 11 is 0. The van der Waals surface area contributed by atoms with Crippen LogP contribution in [0.3, 0.4) is 0 Å². The molecular formula is C9H18N4O. The van der Waals surface area contributed by atoms with E-state index in [1.165, 1.54) is 0 Å². The standard InChI is InChI=1S/C9H18N4O/c1-3-4-7(14-2)9-11-8(5-6-10)12-13-9/h7H,3-6,10H2,1-2H3,(H,11,12,13). The minimum Gasteiger partial charge on any atom is -0.373 e. The third kappa shape index (κ3) is 2.78. The van der Waals surface area contributed by atoms with Gasteiger partial charge in [-0.25, -0.2) is 4.98 Å². The molecule has 5 heteroatoms. The molecule has 0 saturated heterocycles. The zero-order chi connectivity index (χ0) is 10.4. The van der Waals surface area contributed by atoms with Gasteiger partial charge in [-0.1, -0.05) is 13.3 Å². The zero-order valence-corrected chi connectivity index (χ0v) is 8.79. The second-order valence-electron chi connectivity index (χ2n) is 3.19. The minimum atomic E-state index is 0.00257. The molecule has 1 aromatic rings. The molecular weight excluding hydrogens is 180 g/mol. The summed E-state index contributed by atoms with van der Waals surface area (Å²) in [6.07, 6.45) is 2.73. The number of nitrogens with zero attached hydrogens (tertiary/aromatic N) is 2. The molecule has 80 valence electrons. The van der Waals surface area contributed by atoms with Gasteiger partial charge in [0.15, 0.2) is 5.82 Å². The SMILES string of the molecule is CCCC(OC)c1n[nH]c(CCN)n1. The zero-order valence-electron chi connectivity index (χ0n) is 8.79. The van der Waals surface area contributed by atoms with E-state index < -0.39 is 0 Å². The molecule has 0 saturated carbocycles. The van der Waals surface area contributed by atoms with Gasteiger partial charge < -0.3 is 10.5 Å². The lowest BCUT2D eigenvalue weighted by molar-refractivity contribution is 0.0879. The molecule has 1 rings (SSSR count). The average molecular weight is 198 g/mol.